The van der Waals surface area contributed by atoms with Crippen LogP contribution in [0.5, 0.6) is 0 Å². The molecule has 0 bridgehead atoms. The molecule has 0 spiro atoms. The van der Waals surface area contributed by atoms with Crippen LogP contribution in [-0.4, -0.2) is 24.5 Å². The highest BCUT2D eigenvalue weighted by Gasteiger charge is 2.40. The van der Waals surface area contributed by atoms with Gasteiger partial charge in [-0.15, -0.1) is 0 Å². The molecule has 0 aromatic heterocycles. The monoisotopic (exact) mass is 207 g/mol. The molecule has 1 heteroatoms. The van der Waals surface area contributed by atoms with Gasteiger partial charge in [-0.2, -0.15) is 0 Å². The Morgan fingerprint density at radius 2 is 2.13 bits per heavy atom. The van der Waals surface area contributed by atoms with Crippen molar-refractivity contribution in [2.24, 2.45) is 11.8 Å². The molecule has 2 rings (SSSR count). The fraction of sp³-hybridized carbons (Fsp3) is 0.857. The Kier molecular flexibility index (Phi) is 3.20. The van der Waals surface area contributed by atoms with Crippen molar-refractivity contribution in [3.8, 4) is 0 Å². The molecule has 0 aromatic carbocycles. The van der Waals surface area contributed by atoms with Crippen molar-refractivity contribution < 1.29 is 0 Å². The fourth-order valence-electron chi connectivity index (χ4n) is 3.61. The van der Waals surface area contributed by atoms with Gasteiger partial charge in [0.25, 0.3) is 0 Å². The zero-order valence-corrected chi connectivity index (χ0v) is 10.7. The maximum atomic E-state index is 2.56. The van der Waals surface area contributed by atoms with E-state index in [1.807, 2.05) is 5.57 Å². The van der Waals surface area contributed by atoms with Gasteiger partial charge in [-0.3, -0.25) is 0 Å². The minimum atomic E-state index is 0.801. The minimum absolute atomic E-state index is 0.801. The van der Waals surface area contributed by atoms with Gasteiger partial charge < -0.3 is 4.90 Å². The molecular weight excluding hydrogens is 182 g/mol. The highest BCUT2D eigenvalue weighted by Crippen LogP contribution is 2.44. The number of allylic oxidation sites excluding steroid dienone is 1. The van der Waals surface area contributed by atoms with E-state index in [2.05, 4.69) is 32.7 Å². The largest absolute Gasteiger partial charge is 0.303 e. The van der Waals surface area contributed by atoms with Crippen molar-refractivity contribution >= 4 is 0 Å². The summed E-state index contributed by atoms with van der Waals surface area (Å²) in [5.74, 6) is 1.83. The Balaban J connectivity index is 2.21. The molecule has 1 saturated heterocycles. The third kappa shape index (κ3) is 1.87. The normalized spacial score (nSPS) is 37.2. The van der Waals surface area contributed by atoms with E-state index in [0.717, 1.165) is 17.9 Å². The molecule has 0 amide bonds. The number of likely N-dealkylation sites (tertiary alicyclic amines) is 1. The van der Waals surface area contributed by atoms with E-state index in [1.165, 1.54) is 32.2 Å². The van der Waals surface area contributed by atoms with Crippen LogP contribution in [-0.2, 0) is 0 Å². The zero-order valence-electron chi connectivity index (χ0n) is 10.7. The predicted octanol–water partition coefficient (Wildman–Crippen LogP) is 3.46. The molecule has 1 fully saturated rings. The molecule has 1 aliphatic carbocycles. The molecule has 0 saturated carbocycles. The van der Waals surface area contributed by atoms with Gasteiger partial charge in [0.05, 0.1) is 0 Å². The molecule has 1 heterocycles. The number of hydrogen-bond acceptors (Lipinski definition) is 1. The van der Waals surface area contributed by atoms with E-state index >= 15 is 0 Å². The highest BCUT2D eigenvalue weighted by atomic mass is 15.2. The van der Waals surface area contributed by atoms with Crippen LogP contribution in [0.1, 0.15) is 46.5 Å². The lowest BCUT2D eigenvalue weighted by Gasteiger charge is -2.31. The van der Waals surface area contributed by atoms with Crippen LogP contribution in [0.15, 0.2) is 11.1 Å². The first-order chi connectivity index (χ1) is 7.15. The number of rotatable bonds is 2. The molecule has 0 N–H and O–H groups in total. The van der Waals surface area contributed by atoms with Crippen LogP contribution >= 0.6 is 0 Å². The summed E-state index contributed by atoms with van der Waals surface area (Å²) in [5, 5.41) is 0. The van der Waals surface area contributed by atoms with E-state index in [9.17, 15) is 0 Å². The Labute approximate surface area is 94.5 Å². The SMILES string of the molecule is CCCC1=C(C)CCC2C1CN(C)C2C. The predicted molar refractivity (Wildman–Crippen MR) is 65.9 cm³/mol. The van der Waals surface area contributed by atoms with E-state index in [0.29, 0.717) is 0 Å². The maximum absolute atomic E-state index is 2.56. The average Bonchev–Trinajstić information content (AvgIpc) is 2.49. The third-order valence-electron chi connectivity index (χ3n) is 4.68. The first-order valence-electron chi connectivity index (χ1n) is 6.54. The van der Waals surface area contributed by atoms with Gasteiger partial charge in [-0.25, -0.2) is 0 Å². The van der Waals surface area contributed by atoms with Gasteiger partial charge >= 0.3 is 0 Å². The first kappa shape index (κ1) is 11.2. The van der Waals surface area contributed by atoms with Gasteiger partial charge in [-0.1, -0.05) is 24.5 Å². The van der Waals surface area contributed by atoms with Crippen molar-refractivity contribution in [2.45, 2.75) is 52.5 Å². The second kappa shape index (κ2) is 4.29. The summed E-state index contributed by atoms with van der Waals surface area (Å²) < 4.78 is 0. The second-order valence-electron chi connectivity index (χ2n) is 5.54. The summed E-state index contributed by atoms with van der Waals surface area (Å²) in [6.45, 7) is 8.39. The van der Waals surface area contributed by atoms with Crippen molar-refractivity contribution in [3.05, 3.63) is 11.1 Å². The van der Waals surface area contributed by atoms with Crippen molar-refractivity contribution in [1.82, 2.24) is 4.90 Å². The summed E-state index contributed by atoms with van der Waals surface area (Å²) in [4.78, 5) is 2.56. The minimum Gasteiger partial charge on any atom is -0.303 e. The van der Waals surface area contributed by atoms with Gasteiger partial charge in [-0.05, 0) is 52.0 Å². The van der Waals surface area contributed by atoms with Gasteiger partial charge in [0.15, 0.2) is 0 Å². The first-order valence-corrected chi connectivity index (χ1v) is 6.54. The molecule has 3 atom stereocenters. The lowest BCUT2D eigenvalue weighted by molar-refractivity contribution is 0.279. The summed E-state index contributed by atoms with van der Waals surface area (Å²) in [5.41, 5.74) is 3.52. The van der Waals surface area contributed by atoms with Gasteiger partial charge in [0.1, 0.15) is 0 Å². The molecule has 3 unspecified atom stereocenters. The molecule has 1 aliphatic heterocycles. The molecule has 2 aliphatic rings. The Bertz CT molecular complexity index is 267. The van der Waals surface area contributed by atoms with Crippen LogP contribution in [0.4, 0.5) is 0 Å². The smallest absolute Gasteiger partial charge is 0.00987 e. The second-order valence-corrected chi connectivity index (χ2v) is 5.54. The average molecular weight is 207 g/mol. The Hall–Kier alpha value is -0.300. The molecule has 86 valence electrons. The zero-order chi connectivity index (χ0) is 11.0. The van der Waals surface area contributed by atoms with Gasteiger partial charge in [0.2, 0.25) is 0 Å². The Morgan fingerprint density at radius 3 is 2.80 bits per heavy atom. The highest BCUT2D eigenvalue weighted by molar-refractivity contribution is 5.23. The van der Waals surface area contributed by atoms with Crippen LogP contribution in [0, 0.1) is 11.8 Å². The molecule has 0 radical (unpaired) electrons. The van der Waals surface area contributed by atoms with Crippen molar-refractivity contribution in [2.75, 3.05) is 13.6 Å². The maximum Gasteiger partial charge on any atom is 0.00987 e. The van der Waals surface area contributed by atoms with Gasteiger partial charge in [0, 0.05) is 12.6 Å². The van der Waals surface area contributed by atoms with E-state index in [1.54, 1.807) is 5.57 Å². The molecular formula is C14H25N. The lowest BCUT2D eigenvalue weighted by atomic mass is 9.74. The number of nitrogens with zero attached hydrogens (tertiary/aromatic N) is 1. The number of hydrogen-bond donors (Lipinski definition) is 0. The van der Waals surface area contributed by atoms with E-state index in [-0.39, 0.29) is 0 Å². The van der Waals surface area contributed by atoms with E-state index < -0.39 is 0 Å². The summed E-state index contributed by atoms with van der Waals surface area (Å²) in [7, 11) is 2.29. The molecule has 1 nitrogen and oxygen atoms in total. The van der Waals surface area contributed by atoms with Crippen molar-refractivity contribution in [3.63, 3.8) is 0 Å². The summed E-state index contributed by atoms with van der Waals surface area (Å²) in [6.07, 6.45) is 5.44. The quantitative estimate of drug-likeness (QED) is 0.627. The van der Waals surface area contributed by atoms with Crippen molar-refractivity contribution in [1.29, 1.82) is 0 Å². The van der Waals surface area contributed by atoms with E-state index in [4.69, 9.17) is 0 Å². The molecule has 0 aromatic rings. The van der Waals surface area contributed by atoms with Crippen LogP contribution in [0.25, 0.3) is 0 Å². The summed E-state index contributed by atoms with van der Waals surface area (Å²) >= 11 is 0. The standard InChI is InChI=1S/C14H25N/c1-5-6-12-10(2)7-8-13-11(3)15(4)9-14(12)13/h11,13-14H,5-9H2,1-4H3. The van der Waals surface area contributed by atoms with Crippen LogP contribution < -0.4 is 0 Å². The third-order valence-corrected chi connectivity index (χ3v) is 4.68. The lowest BCUT2D eigenvalue weighted by Crippen LogP contribution is -2.27. The van der Waals surface area contributed by atoms with Crippen LogP contribution in [0.2, 0.25) is 0 Å². The number of fused-ring (bicyclic) bond motifs is 1. The Morgan fingerprint density at radius 1 is 1.40 bits per heavy atom. The summed E-state index contributed by atoms with van der Waals surface area (Å²) in [6, 6.07) is 0.801. The molecule has 15 heavy (non-hydrogen) atoms. The topological polar surface area (TPSA) is 3.24 Å². The fourth-order valence-corrected chi connectivity index (χ4v) is 3.61. The van der Waals surface area contributed by atoms with Crippen LogP contribution in [0.3, 0.4) is 0 Å².